The van der Waals surface area contributed by atoms with Crippen LogP contribution in [-0.2, 0) is 6.42 Å². The van der Waals surface area contributed by atoms with E-state index in [4.69, 9.17) is 121 Å². The van der Waals surface area contributed by atoms with E-state index >= 15 is 0 Å². The molecule has 0 unspecified atom stereocenters. The lowest BCUT2D eigenvalue weighted by Gasteiger charge is -2.25. The van der Waals surface area contributed by atoms with Crippen molar-refractivity contribution in [3.8, 4) is 0 Å². The number of nitrogens with two attached hydrogens (primary N) is 4. The fraction of sp³-hybridized carbons (Fsp3) is 0.680. The van der Waals surface area contributed by atoms with Crippen molar-refractivity contribution in [2.75, 3.05) is 78.4 Å². The molecule has 0 aliphatic carbocycles. The van der Waals surface area contributed by atoms with Crippen LogP contribution in [0.2, 0.25) is 0 Å². The number of rotatable bonds is 18. The molecule has 4 rings (SSSR count). The fourth-order valence-electron chi connectivity index (χ4n) is 7.20. The maximum atomic E-state index is 5.84. The maximum Gasteiger partial charge on any atom is 0.0834 e. The predicted octanol–water partition coefficient (Wildman–Crippen LogP) is 16.7. The third kappa shape index (κ3) is 20.4. The molecule has 0 heterocycles. The average Bonchev–Trinajstić information content (AvgIpc) is 3.19. The molecule has 7 nitrogen and oxygen atoms in total. The van der Waals surface area contributed by atoms with Gasteiger partial charge in [0.1, 0.15) is 0 Å². The van der Waals surface area contributed by atoms with E-state index in [0.717, 1.165) is 85.3 Å². The number of nitrogen functional groups attached to an aromatic ring is 4. The van der Waals surface area contributed by atoms with Gasteiger partial charge in [0.25, 0.3) is 0 Å². The number of hydrogen-bond acceptors (Lipinski definition) is 15. The van der Waals surface area contributed by atoms with E-state index in [1.807, 2.05) is 21.1 Å². The third-order valence-electron chi connectivity index (χ3n) is 11.3. The SMILES string of the molecule is CC(C)(C)CCCCCc1c(N)c(=S)c1=S.CN(CCCC(C)(C)C)c1c(N)c(=S)c1=S.CN(CCCC(C)(C)C)c1c(N)c(=S)c1=S.CN(CCCCC(C)(C)C)c1c(N)c(=S)c1=S. The molecule has 0 radical (unpaired) electrons. The van der Waals surface area contributed by atoms with Crippen LogP contribution in [0.4, 0.5) is 39.8 Å². The standard InChI is InChI=1S/C13H22N2S2.C13H21NS2.2C12H20N2S2/c1-13(2,3)7-5-6-8-15(4)10-9(14)11(16)12(10)17;1-13(2,3)8-6-4-5-7-9-10(14)12(16)11(9)15;2*1-12(2,3)6-5-7-14(4)9-8(13)10(15)11(9)16/h5-8,14H2,1-4H3;4-8,14H2,1-3H3;2*5-7,13H2,1-4H3. The Bertz CT molecular complexity index is 2340. The first kappa shape index (κ1) is 61.3. The topological polar surface area (TPSA) is 114 Å². The first-order valence-electron chi connectivity index (χ1n) is 23.0. The summed E-state index contributed by atoms with van der Waals surface area (Å²) in [6.07, 6.45) is 14.3. The second-order valence-corrected chi connectivity index (χ2v) is 25.8. The highest BCUT2D eigenvalue weighted by Crippen LogP contribution is 2.35. The summed E-state index contributed by atoms with van der Waals surface area (Å²) in [6, 6.07) is 0. The van der Waals surface area contributed by atoms with E-state index in [-0.39, 0.29) is 0 Å². The van der Waals surface area contributed by atoms with Gasteiger partial charge >= 0.3 is 0 Å². The summed E-state index contributed by atoms with van der Waals surface area (Å²) < 4.78 is 5.80. The van der Waals surface area contributed by atoms with E-state index < -0.39 is 0 Å². The summed E-state index contributed by atoms with van der Waals surface area (Å²) in [6.45, 7) is 30.2. The molecular formula is C50H83N7S8. The second kappa shape index (κ2) is 26.3. The Morgan fingerprint density at radius 2 is 0.585 bits per heavy atom. The highest BCUT2D eigenvalue weighted by atomic mass is 32.1. The van der Waals surface area contributed by atoms with Gasteiger partial charge in [-0.05, 0) is 85.0 Å². The molecule has 366 valence electrons. The second-order valence-electron chi connectivity index (χ2n) is 22.5. The number of nitrogens with zero attached hydrogens (tertiary/aromatic N) is 3. The minimum absolute atomic E-state index is 0.385. The normalized spacial score (nSPS) is 12.0. The molecule has 0 bridgehead atoms. The molecule has 0 saturated heterocycles. The largest absolute Gasteiger partial charge is 0.397 e. The third-order valence-corrected chi connectivity index (χ3v) is 15.2. The van der Waals surface area contributed by atoms with Gasteiger partial charge in [0.15, 0.2) is 0 Å². The molecule has 4 aromatic rings. The molecule has 0 atom stereocenters. The monoisotopic (exact) mass is 1040 g/mol. The molecule has 0 aromatic heterocycles. The van der Waals surface area contributed by atoms with Crippen molar-refractivity contribution in [2.24, 2.45) is 21.7 Å². The zero-order valence-electron chi connectivity index (χ0n) is 42.5. The Morgan fingerprint density at radius 1 is 0.323 bits per heavy atom. The minimum Gasteiger partial charge on any atom is -0.397 e. The van der Waals surface area contributed by atoms with E-state index in [1.165, 1.54) is 57.8 Å². The maximum absolute atomic E-state index is 5.84. The molecule has 0 saturated carbocycles. The van der Waals surface area contributed by atoms with Crippen molar-refractivity contribution in [3.05, 3.63) is 41.6 Å². The van der Waals surface area contributed by atoms with E-state index in [0.29, 0.717) is 56.8 Å². The summed E-state index contributed by atoms with van der Waals surface area (Å²) in [4.78, 5) is 6.38. The minimum atomic E-state index is 0.385. The van der Waals surface area contributed by atoms with Gasteiger partial charge in [-0.25, -0.2) is 0 Å². The van der Waals surface area contributed by atoms with Crippen LogP contribution in [0, 0.1) is 57.7 Å². The van der Waals surface area contributed by atoms with Gasteiger partial charge in [0, 0.05) is 40.8 Å². The van der Waals surface area contributed by atoms with Gasteiger partial charge in [0.2, 0.25) is 0 Å². The highest BCUT2D eigenvalue weighted by molar-refractivity contribution is 7.75. The van der Waals surface area contributed by atoms with Crippen LogP contribution in [0.15, 0.2) is 0 Å². The summed E-state index contributed by atoms with van der Waals surface area (Å²) in [7, 11) is 6.09. The van der Waals surface area contributed by atoms with Gasteiger partial charge in [-0.2, -0.15) is 0 Å². The van der Waals surface area contributed by atoms with Crippen LogP contribution in [0.3, 0.4) is 0 Å². The number of unbranched alkanes of at least 4 members (excludes halogenated alkanes) is 3. The lowest BCUT2D eigenvalue weighted by atomic mass is 9.89. The average molecular weight is 1040 g/mol. The van der Waals surface area contributed by atoms with Gasteiger partial charge in [-0.3, -0.25) is 0 Å². The summed E-state index contributed by atoms with van der Waals surface area (Å²) in [5.74, 6) is 0. The first-order valence-corrected chi connectivity index (χ1v) is 26.3. The molecule has 65 heavy (non-hydrogen) atoms. The predicted molar refractivity (Wildman–Crippen MR) is 312 cm³/mol. The molecule has 15 heteroatoms. The Labute approximate surface area is 435 Å². The van der Waals surface area contributed by atoms with Crippen molar-refractivity contribution in [2.45, 2.75) is 160 Å². The van der Waals surface area contributed by atoms with Crippen molar-refractivity contribution < 1.29 is 0 Å². The summed E-state index contributed by atoms with van der Waals surface area (Å²) in [5.41, 5.74) is 31.8. The van der Waals surface area contributed by atoms with E-state index in [2.05, 4.69) is 97.8 Å². The summed E-state index contributed by atoms with van der Waals surface area (Å²) in [5, 5.41) is 0. The molecule has 4 aromatic carbocycles. The summed E-state index contributed by atoms with van der Waals surface area (Å²) >= 11 is 40.9. The Balaban J connectivity index is 0.000000433. The molecule has 0 fully saturated rings. The Morgan fingerprint density at radius 3 is 0.862 bits per heavy atom. The van der Waals surface area contributed by atoms with Crippen LogP contribution in [0.1, 0.15) is 159 Å². The zero-order chi connectivity index (χ0) is 50.6. The first-order chi connectivity index (χ1) is 29.5. The van der Waals surface area contributed by atoms with E-state index in [1.54, 1.807) is 0 Å². The van der Waals surface area contributed by atoms with E-state index in [9.17, 15) is 0 Å². The van der Waals surface area contributed by atoms with Gasteiger partial charge in [-0.15, -0.1) is 0 Å². The molecule has 8 N–H and O–H groups in total. The molecular weight excluding hydrogens is 955 g/mol. The van der Waals surface area contributed by atoms with Gasteiger partial charge in [0.05, 0.1) is 75.9 Å². The van der Waals surface area contributed by atoms with Crippen molar-refractivity contribution in [1.29, 1.82) is 0 Å². The van der Waals surface area contributed by atoms with Crippen molar-refractivity contribution in [1.82, 2.24) is 0 Å². The van der Waals surface area contributed by atoms with Crippen LogP contribution in [0.25, 0.3) is 0 Å². The molecule has 0 aliphatic heterocycles. The van der Waals surface area contributed by atoms with Crippen LogP contribution in [0.5, 0.6) is 0 Å². The van der Waals surface area contributed by atoms with Gasteiger partial charge in [-0.1, -0.05) is 200 Å². The van der Waals surface area contributed by atoms with Crippen LogP contribution in [-0.4, -0.2) is 40.8 Å². The molecule has 0 spiro atoms. The number of hydrogen-bond donors (Lipinski definition) is 4. The number of anilines is 7. The lowest BCUT2D eigenvalue weighted by Crippen LogP contribution is -2.23. The van der Waals surface area contributed by atoms with Crippen molar-refractivity contribution >= 4 is 138 Å². The highest BCUT2D eigenvalue weighted by Gasteiger charge is 2.19. The molecule has 0 aliphatic rings. The quantitative estimate of drug-likeness (QED) is 0.0560. The Kier molecular flexibility index (Phi) is 24.8. The zero-order valence-corrected chi connectivity index (χ0v) is 49.1. The van der Waals surface area contributed by atoms with Crippen LogP contribution < -0.4 is 37.6 Å². The fourth-order valence-corrected chi connectivity index (χ4v) is 9.48. The molecule has 0 amide bonds. The Hall–Kier alpha value is -1.72. The van der Waals surface area contributed by atoms with Crippen LogP contribution >= 0.6 is 97.7 Å². The smallest absolute Gasteiger partial charge is 0.0834 e. The lowest BCUT2D eigenvalue weighted by molar-refractivity contribution is 0.358. The van der Waals surface area contributed by atoms with Crippen molar-refractivity contribution in [3.63, 3.8) is 0 Å². The van der Waals surface area contributed by atoms with Gasteiger partial charge < -0.3 is 37.6 Å².